The summed E-state index contributed by atoms with van der Waals surface area (Å²) in [7, 11) is 1.74. The number of carbonyl (C=O) groups excluding carboxylic acids is 1. The average molecular weight is 285 g/mol. The van der Waals surface area contributed by atoms with Crippen LogP contribution in [-0.4, -0.2) is 24.1 Å². The van der Waals surface area contributed by atoms with E-state index in [9.17, 15) is 9.59 Å². The Morgan fingerprint density at radius 3 is 2.48 bits per heavy atom. The van der Waals surface area contributed by atoms with Gasteiger partial charge in [-0.2, -0.15) is 0 Å². The summed E-state index contributed by atoms with van der Waals surface area (Å²) in [6.07, 6.45) is 1.77. The summed E-state index contributed by atoms with van der Waals surface area (Å²) in [6.45, 7) is 1.37. The van der Waals surface area contributed by atoms with Crippen molar-refractivity contribution < 1.29 is 4.79 Å². The zero-order valence-electron chi connectivity index (χ0n) is 12.0. The molecule has 0 saturated heterocycles. The minimum atomic E-state index is -0.0302. The van der Waals surface area contributed by atoms with E-state index in [-0.39, 0.29) is 11.5 Å². The van der Waals surface area contributed by atoms with Crippen LogP contribution in [0.2, 0.25) is 0 Å². The van der Waals surface area contributed by atoms with Crippen molar-refractivity contribution in [2.75, 3.05) is 13.6 Å². The molecular weight excluding hydrogens is 266 g/mol. The van der Waals surface area contributed by atoms with Crippen LogP contribution in [0.5, 0.6) is 0 Å². The van der Waals surface area contributed by atoms with Gasteiger partial charge in [0.05, 0.1) is 13.1 Å². The number of benzene rings is 1. The monoisotopic (exact) mass is 285 g/mol. The minimum Gasteiger partial charge on any atom is -0.351 e. The maximum Gasteiger partial charge on any atom is 0.250 e. The second-order valence-corrected chi connectivity index (χ2v) is 4.79. The molecule has 0 aliphatic heterocycles. The Labute approximate surface area is 123 Å². The molecule has 1 aromatic heterocycles. The number of nitrogens with one attached hydrogen (secondary N) is 2. The molecule has 2 N–H and O–H groups in total. The normalized spacial score (nSPS) is 10.3. The molecule has 0 fully saturated rings. The molecule has 5 heteroatoms. The second kappa shape index (κ2) is 7.40. The van der Waals surface area contributed by atoms with Gasteiger partial charge in [-0.1, -0.05) is 30.3 Å². The Hall–Kier alpha value is -2.40. The predicted molar refractivity (Wildman–Crippen MR) is 82.0 cm³/mol. The van der Waals surface area contributed by atoms with E-state index in [1.807, 2.05) is 30.3 Å². The maximum absolute atomic E-state index is 11.6. The van der Waals surface area contributed by atoms with Gasteiger partial charge < -0.3 is 15.2 Å². The number of carbonyl (C=O) groups is 1. The van der Waals surface area contributed by atoms with Gasteiger partial charge in [-0.05, 0) is 24.2 Å². The topological polar surface area (TPSA) is 63.1 Å². The molecular formula is C16H19N3O2. The van der Waals surface area contributed by atoms with Crippen LogP contribution < -0.4 is 16.2 Å². The van der Waals surface area contributed by atoms with Gasteiger partial charge >= 0.3 is 0 Å². The highest BCUT2D eigenvalue weighted by Crippen LogP contribution is 2.05. The van der Waals surface area contributed by atoms with Gasteiger partial charge in [-0.25, -0.2) is 0 Å². The van der Waals surface area contributed by atoms with Crippen molar-refractivity contribution in [3.63, 3.8) is 0 Å². The fourth-order valence-corrected chi connectivity index (χ4v) is 1.97. The van der Waals surface area contributed by atoms with Gasteiger partial charge in [-0.15, -0.1) is 0 Å². The average Bonchev–Trinajstić information content (AvgIpc) is 2.49. The fourth-order valence-electron chi connectivity index (χ4n) is 1.97. The first-order valence-corrected chi connectivity index (χ1v) is 6.83. The van der Waals surface area contributed by atoms with Crippen molar-refractivity contribution in [3.8, 4) is 0 Å². The van der Waals surface area contributed by atoms with Gasteiger partial charge in [0, 0.05) is 18.8 Å². The van der Waals surface area contributed by atoms with E-state index in [4.69, 9.17) is 0 Å². The number of hydrogen-bond acceptors (Lipinski definition) is 3. The third-order valence-electron chi connectivity index (χ3n) is 3.10. The molecule has 1 amide bonds. The van der Waals surface area contributed by atoms with Crippen LogP contribution in [-0.2, 0) is 17.9 Å². The summed E-state index contributed by atoms with van der Waals surface area (Å²) >= 11 is 0. The molecule has 0 aliphatic carbocycles. The van der Waals surface area contributed by atoms with Gasteiger partial charge in [0.1, 0.15) is 0 Å². The molecule has 110 valence electrons. The lowest BCUT2D eigenvalue weighted by molar-refractivity contribution is -0.120. The fraction of sp³-hybridized carbons (Fsp3) is 0.250. The largest absolute Gasteiger partial charge is 0.351 e. The van der Waals surface area contributed by atoms with Crippen molar-refractivity contribution in [1.82, 2.24) is 15.2 Å². The van der Waals surface area contributed by atoms with E-state index in [2.05, 4.69) is 10.6 Å². The van der Waals surface area contributed by atoms with E-state index < -0.39 is 0 Å². The number of amides is 1. The van der Waals surface area contributed by atoms with Crippen LogP contribution in [0.4, 0.5) is 0 Å². The highest BCUT2D eigenvalue weighted by atomic mass is 16.2. The van der Waals surface area contributed by atoms with E-state index in [0.29, 0.717) is 19.6 Å². The van der Waals surface area contributed by atoms with Crippen LogP contribution in [0.1, 0.15) is 11.1 Å². The number of likely N-dealkylation sites (N-methyl/N-ethyl adjacent to an activating group) is 1. The SMILES string of the molecule is CNCC(=O)NCc1ccc(Cn2ccccc2=O)cc1. The molecule has 1 heterocycles. The molecule has 0 saturated carbocycles. The summed E-state index contributed by atoms with van der Waals surface area (Å²) < 4.78 is 1.66. The van der Waals surface area contributed by atoms with E-state index >= 15 is 0 Å². The lowest BCUT2D eigenvalue weighted by Gasteiger charge is -2.08. The zero-order chi connectivity index (χ0) is 15.1. The third kappa shape index (κ3) is 4.57. The number of aromatic nitrogens is 1. The summed E-state index contributed by atoms with van der Waals surface area (Å²) in [6, 6.07) is 13.0. The lowest BCUT2D eigenvalue weighted by atomic mass is 10.1. The minimum absolute atomic E-state index is 0.0131. The van der Waals surface area contributed by atoms with Gasteiger partial charge in [-0.3, -0.25) is 9.59 Å². The Morgan fingerprint density at radius 2 is 1.81 bits per heavy atom. The predicted octanol–water partition coefficient (Wildman–Crippen LogP) is 0.732. The van der Waals surface area contributed by atoms with Crippen LogP contribution in [0.3, 0.4) is 0 Å². The number of rotatable bonds is 6. The molecule has 2 aromatic rings. The number of nitrogens with zero attached hydrogens (tertiary/aromatic N) is 1. The summed E-state index contributed by atoms with van der Waals surface area (Å²) in [5.41, 5.74) is 2.07. The van der Waals surface area contributed by atoms with Crippen LogP contribution >= 0.6 is 0 Å². The van der Waals surface area contributed by atoms with Gasteiger partial charge in [0.25, 0.3) is 5.56 Å². The number of pyridine rings is 1. The Bertz CT molecular complexity index is 647. The lowest BCUT2D eigenvalue weighted by Crippen LogP contribution is -2.31. The molecule has 0 aliphatic rings. The van der Waals surface area contributed by atoms with Crippen molar-refractivity contribution in [3.05, 3.63) is 70.1 Å². The third-order valence-corrected chi connectivity index (χ3v) is 3.10. The molecule has 0 bridgehead atoms. The van der Waals surface area contributed by atoms with Crippen LogP contribution in [0.25, 0.3) is 0 Å². The van der Waals surface area contributed by atoms with Crippen molar-refractivity contribution in [1.29, 1.82) is 0 Å². The quantitative estimate of drug-likeness (QED) is 0.822. The highest BCUT2D eigenvalue weighted by molar-refractivity contribution is 5.77. The molecule has 1 aromatic carbocycles. The van der Waals surface area contributed by atoms with E-state index in [0.717, 1.165) is 11.1 Å². The molecule has 5 nitrogen and oxygen atoms in total. The summed E-state index contributed by atoms with van der Waals surface area (Å²) in [5.74, 6) is -0.0302. The molecule has 0 atom stereocenters. The zero-order valence-corrected chi connectivity index (χ0v) is 12.0. The summed E-state index contributed by atoms with van der Waals surface area (Å²) in [5, 5.41) is 5.62. The molecule has 21 heavy (non-hydrogen) atoms. The van der Waals surface area contributed by atoms with Crippen molar-refractivity contribution in [2.24, 2.45) is 0 Å². The Morgan fingerprint density at radius 1 is 1.10 bits per heavy atom. The van der Waals surface area contributed by atoms with Gasteiger partial charge in [0.2, 0.25) is 5.91 Å². The molecule has 0 unspecified atom stereocenters. The van der Waals surface area contributed by atoms with Crippen LogP contribution in [0, 0.1) is 0 Å². The van der Waals surface area contributed by atoms with E-state index in [1.165, 1.54) is 0 Å². The van der Waals surface area contributed by atoms with Crippen molar-refractivity contribution >= 4 is 5.91 Å². The highest BCUT2D eigenvalue weighted by Gasteiger charge is 2.00. The molecule has 0 radical (unpaired) electrons. The summed E-state index contributed by atoms with van der Waals surface area (Å²) in [4.78, 5) is 23.0. The second-order valence-electron chi connectivity index (χ2n) is 4.79. The standard InChI is InChI=1S/C16H19N3O2/c1-17-11-15(20)18-10-13-5-7-14(8-6-13)12-19-9-3-2-4-16(19)21/h2-9,17H,10-12H2,1H3,(H,18,20). The van der Waals surface area contributed by atoms with E-state index in [1.54, 1.807) is 29.9 Å². The van der Waals surface area contributed by atoms with Crippen molar-refractivity contribution in [2.45, 2.75) is 13.1 Å². The van der Waals surface area contributed by atoms with Gasteiger partial charge in [0.15, 0.2) is 0 Å². The smallest absolute Gasteiger partial charge is 0.250 e. The first-order chi connectivity index (χ1) is 10.2. The Kier molecular flexibility index (Phi) is 5.29. The first kappa shape index (κ1) is 15.0. The maximum atomic E-state index is 11.6. The molecule has 0 spiro atoms. The number of hydrogen-bond donors (Lipinski definition) is 2. The van der Waals surface area contributed by atoms with Crippen LogP contribution in [0.15, 0.2) is 53.5 Å². The Balaban J connectivity index is 1.95. The first-order valence-electron chi connectivity index (χ1n) is 6.83. The molecule has 2 rings (SSSR count).